The van der Waals surface area contributed by atoms with E-state index >= 15 is 0 Å². The van der Waals surface area contributed by atoms with Gasteiger partial charge in [-0.1, -0.05) is 12.8 Å². The van der Waals surface area contributed by atoms with Crippen LogP contribution >= 0.6 is 0 Å². The van der Waals surface area contributed by atoms with Gasteiger partial charge in [-0.3, -0.25) is 30.0 Å². The van der Waals surface area contributed by atoms with Crippen LogP contribution in [0.15, 0.2) is 0 Å². The Hall–Kier alpha value is -1.02. The van der Waals surface area contributed by atoms with E-state index in [-0.39, 0.29) is 17.2 Å². The molecule has 152 valence electrons. The lowest BCUT2D eigenvalue weighted by Crippen LogP contribution is -2.62. The van der Waals surface area contributed by atoms with Crippen molar-refractivity contribution >= 4 is 11.8 Å². The molecule has 7 nitrogen and oxygen atoms in total. The maximum absolute atomic E-state index is 12.5. The minimum Gasteiger partial charge on any atom is -0.301 e. The van der Waals surface area contributed by atoms with Crippen LogP contribution in [0.2, 0.25) is 0 Å². The molecule has 0 atom stereocenters. The highest BCUT2D eigenvalue weighted by Crippen LogP contribution is 2.46. The summed E-state index contributed by atoms with van der Waals surface area (Å²) < 4.78 is 0. The maximum atomic E-state index is 12.5. The molecule has 7 heteroatoms. The lowest BCUT2D eigenvalue weighted by Gasteiger charge is -2.41. The molecule has 4 aliphatic rings. The number of nitrogens with one attached hydrogen (secondary N) is 2. The van der Waals surface area contributed by atoms with Crippen molar-refractivity contribution in [2.45, 2.75) is 57.7 Å². The van der Waals surface area contributed by atoms with Gasteiger partial charge in [0.25, 0.3) is 0 Å². The van der Waals surface area contributed by atoms with Gasteiger partial charge >= 0.3 is 0 Å². The first-order chi connectivity index (χ1) is 13.2. The van der Waals surface area contributed by atoms with Gasteiger partial charge in [-0.15, -0.1) is 0 Å². The highest BCUT2D eigenvalue weighted by atomic mass is 16.2. The monoisotopic (exact) mass is 377 g/mol. The number of hydrogen-bond donors (Lipinski definition) is 2. The van der Waals surface area contributed by atoms with E-state index in [0.717, 1.165) is 65.1 Å². The highest BCUT2D eigenvalue weighted by Gasteiger charge is 2.44. The molecule has 0 aromatic heterocycles. The molecule has 3 aliphatic heterocycles. The van der Waals surface area contributed by atoms with E-state index in [4.69, 9.17) is 0 Å². The summed E-state index contributed by atoms with van der Waals surface area (Å²) in [5.41, 5.74) is 0.0161. The fraction of sp³-hybridized carbons (Fsp3) is 0.900. The van der Waals surface area contributed by atoms with Gasteiger partial charge in [0.2, 0.25) is 11.8 Å². The minimum atomic E-state index is 0.0161. The van der Waals surface area contributed by atoms with Crippen molar-refractivity contribution in [1.82, 2.24) is 25.3 Å². The summed E-state index contributed by atoms with van der Waals surface area (Å²) in [5.74, 6) is 0.153. The zero-order chi connectivity index (χ0) is 18.7. The Kier molecular flexibility index (Phi) is 6.12. The van der Waals surface area contributed by atoms with Crippen molar-refractivity contribution in [1.29, 1.82) is 0 Å². The molecule has 1 spiro atoms. The lowest BCUT2D eigenvalue weighted by atomic mass is 9.76. The van der Waals surface area contributed by atoms with E-state index in [1.807, 2.05) is 0 Å². The van der Waals surface area contributed by atoms with Gasteiger partial charge in [0, 0.05) is 45.6 Å². The number of amides is 2. The predicted octanol–water partition coefficient (Wildman–Crippen LogP) is 0.570. The van der Waals surface area contributed by atoms with Crippen LogP contribution in [0.4, 0.5) is 0 Å². The Morgan fingerprint density at radius 2 is 1.48 bits per heavy atom. The van der Waals surface area contributed by atoms with E-state index in [9.17, 15) is 9.59 Å². The molecule has 3 saturated heterocycles. The van der Waals surface area contributed by atoms with Crippen molar-refractivity contribution < 1.29 is 9.59 Å². The average Bonchev–Trinajstić information content (AvgIpc) is 3.12. The second-order valence-electron chi connectivity index (χ2n) is 8.90. The summed E-state index contributed by atoms with van der Waals surface area (Å²) in [6, 6.07) is 0. The Bertz CT molecular complexity index is 514. The topological polar surface area (TPSA) is 67.9 Å². The molecule has 0 radical (unpaired) electrons. The van der Waals surface area contributed by atoms with Crippen molar-refractivity contribution in [2.75, 3.05) is 52.4 Å². The largest absolute Gasteiger partial charge is 0.301 e. The Balaban J connectivity index is 1.17. The molecular weight excluding hydrogens is 342 g/mol. The maximum Gasteiger partial charge on any atom is 0.229 e. The highest BCUT2D eigenvalue weighted by molar-refractivity contribution is 5.98. The van der Waals surface area contributed by atoms with Crippen molar-refractivity contribution in [3.8, 4) is 0 Å². The van der Waals surface area contributed by atoms with Crippen LogP contribution in [0, 0.1) is 5.41 Å². The smallest absolute Gasteiger partial charge is 0.229 e. The fourth-order valence-electron chi connectivity index (χ4n) is 5.36. The van der Waals surface area contributed by atoms with Crippen LogP contribution in [-0.4, -0.2) is 85.2 Å². The van der Waals surface area contributed by atoms with Gasteiger partial charge in [-0.25, -0.2) is 0 Å². The first-order valence-electron chi connectivity index (χ1n) is 10.9. The number of piperazine rings is 1. The number of piperidine rings is 1. The van der Waals surface area contributed by atoms with Crippen LogP contribution < -0.4 is 10.6 Å². The van der Waals surface area contributed by atoms with E-state index in [0.29, 0.717) is 25.7 Å². The van der Waals surface area contributed by atoms with Gasteiger partial charge < -0.3 is 4.90 Å². The van der Waals surface area contributed by atoms with Crippen LogP contribution in [0.3, 0.4) is 0 Å². The first kappa shape index (κ1) is 19.3. The SMILES string of the molecule is O=C1CC2(CCCC2)CC(=O)N1CCCN1CCN(C2NCCCN2)CC1. The van der Waals surface area contributed by atoms with Crippen molar-refractivity contribution in [2.24, 2.45) is 5.41 Å². The van der Waals surface area contributed by atoms with Gasteiger partial charge in [0.15, 0.2) is 0 Å². The number of imide groups is 1. The summed E-state index contributed by atoms with van der Waals surface area (Å²) in [4.78, 5) is 31.6. The molecule has 2 amide bonds. The third-order valence-corrected chi connectivity index (χ3v) is 6.98. The van der Waals surface area contributed by atoms with Gasteiger partial charge in [-0.05, 0) is 50.7 Å². The predicted molar refractivity (Wildman–Crippen MR) is 104 cm³/mol. The van der Waals surface area contributed by atoms with E-state index in [2.05, 4.69) is 20.4 Å². The lowest BCUT2D eigenvalue weighted by molar-refractivity contribution is -0.153. The number of likely N-dealkylation sites (tertiary alicyclic amines) is 1. The Labute approximate surface area is 162 Å². The van der Waals surface area contributed by atoms with E-state index in [1.165, 1.54) is 19.3 Å². The van der Waals surface area contributed by atoms with Crippen molar-refractivity contribution in [3.63, 3.8) is 0 Å². The molecule has 27 heavy (non-hydrogen) atoms. The molecule has 1 aliphatic carbocycles. The quantitative estimate of drug-likeness (QED) is 0.683. The Morgan fingerprint density at radius 3 is 2.11 bits per heavy atom. The summed E-state index contributed by atoms with van der Waals surface area (Å²) in [6.45, 7) is 8.01. The zero-order valence-corrected chi connectivity index (χ0v) is 16.5. The molecule has 2 N–H and O–H groups in total. The Morgan fingerprint density at radius 1 is 0.852 bits per heavy atom. The average molecular weight is 378 g/mol. The fourth-order valence-corrected chi connectivity index (χ4v) is 5.36. The van der Waals surface area contributed by atoms with Crippen LogP contribution in [0.5, 0.6) is 0 Å². The van der Waals surface area contributed by atoms with E-state index < -0.39 is 0 Å². The number of carbonyl (C=O) groups is 2. The molecule has 4 rings (SSSR count). The van der Waals surface area contributed by atoms with Gasteiger partial charge in [-0.2, -0.15) is 0 Å². The summed E-state index contributed by atoms with van der Waals surface area (Å²) in [7, 11) is 0. The standard InChI is InChI=1S/C20H35N5O2/c26-17-15-20(5-1-2-6-20)16-18(27)25(17)10-4-9-23-11-13-24(14-12-23)19-21-7-3-8-22-19/h19,21-22H,1-16H2. The van der Waals surface area contributed by atoms with Gasteiger partial charge in [0.05, 0.1) is 0 Å². The van der Waals surface area contributed by atoms with Crippen molar-refractivity contribution in [3.05, 3.63) is 0 Å². The molecule has 0 aromatic rings. The van der Waals surface area contributed by atoms with Gasteiger partial charge in [0.1, 0.15) is 6.29 Å². The second-order valence-corrected chi connectivity index (χ2v) is 8.90. The molecular formula is C20H35N5O2. The third-order valence-electron chi connectivity index (χ3n) is 6.98. The number of rotatable bonds is 5. The third kappa shape index (κ3) is 4.53. The number of carbonyl (C=O) groups excluding carboxylic acids is 2. The number of nitrogens with zero attached hydrogens (tertiary/aromatic N) is 3. The molecule has 0 unspecified atom stereocenters. The first-order valence-corrected chi connectivity index (χ1v) is 10.9. The van der Waals surface area contributed by atoms with Crippen LogP contribution in [-0.2, 0) is 9.59 Å². The number of hydrogen-bond acceptors (Lipinski definition) is 6. The normalized spacial score (nSPS) is 28.4. The molecule has 4 fully saturated rings. The second kappa shape index (κ2) is 8.55. The van der Waals surface area contributed by atoms with E-state index in [1.54, 1.807) is 4.90 Å². The molecule has 0 aromatic carbocycles. The minimum absolute atomic E-state index is 0.0161. The molecule has 0 bridgehead atoms. The summed E-state index contributed by atoms with van der Waals surface area (Å²) in [6.07, 6.45) is 8.10. The zero-order valence-electron chi connectivity index (χ0n) is 16.5. The summed E-state index contributed by atoms with van der Waals surface area (Å²) >= 11 is 0. The summed E-state index contributed by atoms with van der Waals surface area (Å²) in [5, 5.41) is 7.07. The molecule has 3 heterocycles. The van der Waals surface area contributed by atoms with Crippen LogP contribution in [0.25, 0.3) is 0 Å². The van der Waals surface area contributed by atoms with Crippen LogP contribution in [0.1, 0.15) is 51.4 Å². The molecule has 1 saturated carbocycles.